The van der Waals surface area contributed by atoms with Gasteiger partial charge in [0.1, 0.15) is 5.82 Å². The second-order valence-electron chi connectivity index (χ2n) is 6.47. The van der Waals surface area contributed by atoms with Crippen LogP contribution in [0.15, 0.2) is 12.4 Å². The Kier molecular flexibility index (Phi) is 5.35. The summed E-state index contributed by atoms with van der Waals surface area (Å²) in [5.74, 6) is 2.70. The Morgan fingerprint density at radius 1 is 1.15 bits per heavy atom. The van der Waals surface area contributed by atoms with Crippen molar-refractivity contribution in [3.8, 4) is 0 Å². The van der Waals surface area contributed by atoms with Crippen molar-refractivity contribution in [3.05, 3.63) is 18.1 Å². The van der Waals surface area contributed by atoms with E-state index in [1.54, 1.807) is 0 Å². The molecule has 2 rings (SSSR count). The summed E-state index contributed by atoms with van der Waals surface area (Å²) < 4.78 is 0. The number of aromatic nitrogens is 2. The number of nitrogens with zero attached hydrogens (tertiary/aromatic N) is 3. The van der Waals surface area contributed by atoms with Crippen molar-refractivity contribution in [2.75, 3.05) is 18.0 Å². The topological polar surface area (TPSA) is 41.1 Å². The molecule has 4 heteroatoms. The molecular weight excluding hydrogens is 248 g/mol. The maximum atomic E-state index is 4.57. The molecule has 20 heavy (non-hydrogen) atoms. The molecule has 0 saturated carbocycles. The van der Waals surface area contributed by atoms with Gasteiger partial charge in [-0.2, -0.15) is 0 Å². The average molecular weight is 276 g/mol. The van der Waals surface area contributed by atoms with E-state index in [4.69, 9.17) is 0 Å². The van der Waals surface area contributed by atoms with Gasteiger partial charge in [-0.05, 0) is 24.7 Å². The third-order valence-corrected chi connectivity index (χ3v) is 4.19. The molecule has 4 nitrogen and oxygen atoms in total. The van der Waals surface area contributed by atoms with Crippen molar-refractivity contribution in [2.24, 2.45) is 11.8 Å². The van der Waals surface area contributed by atoms with Crippen LogP contribution in [0.3, 0.4) is 0 Å². The highest BCUT2D eigenvalue weighted by Gasteiger charge is 2.22. The zero-order chi connectivity index (χ0) is 14.5. The lowest BCUT2D eigenvalue weighted by Gasteiger charge is -2.34. The number of hydrogen-bond donors (Lipinski definition) is 1. The summed E-state index contributed by atoms with van der Waals surface area (Å²) >= 11 is 0. The fourth-order valence-electron chi connectivity index (χ4n) is 2.71. The molecule has 1 aromatic rings. The van der Waals surface area contributed by atoms with Crippen molar-refractivity contribution in [3.63, 3.8) is 0 Å². The number of piperidine rings is 1. The monoisotopic (exact) mass is 276 g/mol. The maximum absolute atomic E-state index is 4.57. The van der Waals surface area contributed by atoms with Gasteiger partial charge in [-0.1, -0.05) is 27.7 Å². The summed E-state index contributed by atoms with van der Waals surface area (Å²) in [6, 6.07) is 0.478. The van der Waals surface area contributed by atoms with Gasteiger partial charge in [-0.15, -0.1) is 0 Å². The van der Waals surface area contributed by atoms with Crippen LogP contribution in [-0.4, -0.2) is 29.1 Å². The Labute approximate surface area is 123 Å². The maximum Gasteiger partial charge on any atom is 0.147 e. The van der Waals surface area contributed by atoms with Crippen LogP contribution in [0.1, 0.15) is 46.2 Å². The zero-order valence-electron chi connectivity index (χ0n) is 13.3. The molecular formula is C16H28N4. The molecule has 2 heterocycles. The lowest BCUT2D eigenvalue weighted by molar-refractivity contribution is 0.310. The smallest absolute Gasteiger partial charge is 0.147 e. The van der Waals surface area contributed by atoms with E-state index < -0.39 is 0 Å². The number of rotatable bonds is 5. The number of hydrogen-bond acceptors (Lipinski definition) is 4. The molecule has 0 spiro atoms. The van der Waals surface area contributed by atoms with Gasteiger partial charge in [0.2, 0.25) is 0 Å². The van der Waals surface area contributed by atoms with Gasteiger partial charge in [0.15, 0.2) is 0 Å². The lowest BCUT2D eigenvalue weighted by atomic mass is 9.87. The van der Waals surface area contributed by atoms with E-state index >= 15 is 0 Å². The van der Waals surface area contributed by atoms with E-state index in [9.17, 15) is 0 Å². The quantitative estimate of drug-likeness (QED) is 0.898. The van der Waals surface area contributed by atoms with E-state index in [0.717, 1.165) is 43.0 Å². The summed E-state index contributed by atoms with van der Waals surface area (Å²) in [5, 5.41) is 3.36. The van der Waals surface area contributed by atoms with Crippen LogP contribution in [0.5, 0.6) is 0 Å². The van der Waals surface area contributed by atoms with Crippen molar-refractivity contribution in [1.82, 2.24) is 15.3 Å². The molecule has 0 aliphatic carbocycles. The molecule has 1 aliphatic rings. The predicted molar refractivity (Wildman–Crippen MR) is 83.8 cm³/mol. The molecule has 1 N–H and O–H groups in total. The largest absolute Gasteiger partial charge is 0.355 e. The summed E-state index contributed by atoms with van der Waals surface area (Å²) in [6.45, 7) is 12.0. The number of nitrogens with one attached hydrogen (secondary N) is 1. The minimum absolute atomic E-state index is 0.478. The SMILES string of the molecule is CC(C)NCc1cnc(N2CCC(C(C)C)CC2)cn1. The Hall–Kier alpha value is -1.16. The van der Waals surface area contributed by atoms with Crippen molar-refractivity contribution < 1.29 is 0 Å². The van der Waals surface area contributed by atoms with Crippen LogP contribution >= 0.6 is 0 Å². The highest BCUT2D eigenvalue weighted by molar-refractivity contribution is 5.36. The highest BCUT2D eigenvalue weighted by atomic mass is 15.2. The lowest BCUT2D eigenvalue weighted by Crippen LogP contribution is -2.35. The summed E-state index contributed by atoms with van der Waals surface area (Å²) in [6.07, 6.45) is 6.37. The van der Waals surface area contributed by atoms with Gasteiger partial charge in [-0.25, -0.2) is 4.98 Å². The molecule has 1 saturated heterocycles. The molecule has 0 aromatic carbocycles. The third kappa shape index (κ3) is 4.17. The first-order chi connectivity index (χ1) is 9.56. The molecule has 112 valence electrons. The van der Waals surface area contributed by atoms with Crippen LogP contribution < -0.4 is 10.2 Å². The molecule has 1 fully saturated rings. The van der Waals surface area contributed by atoms with Crippen molar-refractivity contribution >= 4 is 5.82 Å². The van der Waals surface area contributed by atoms with Gasteiger partial charge in [0.25, 0.3) is 0 Å². The molecule has 1 aromatic heterocycles. The Morgan fingerprint density at radius 2 is 1.85 bits per heavy atom. The number of anilines is 1. The van der Waals surface area contributed by atoms with Crippen molar-refractivity contribution in [1.29, 1.82) is 0 Å². The molecule has 0 atom stereocenters. The zero-order valence-corrected chi connectivity index (χ0v) is 13.3. The minimum atomic E-state index is 0.478. The first kappa shape index (κ1) is 15.2. The van der Waals surface area contributed by atoms with Crippen LogP contribution in [0, 0.1) is 11.8 Å². The highest BCUT2D eigenvalue weighted by Crippen LogP contribution is 2.26. The third-order valence-electron chi connectivity index (χ3n) is 4.19. The standard InChI is InChI=1S/C16H28N4/c1-12(2)14-5-7-20(8-6-14)16-11-18-15(10-19-16)9-17-13(3)4/h10-14,17H,5-9H2,1-4H3. The van der Waals surface area contributed by atoms with Gasteiger partial charge in [0.05, 0.1) is 18.1 Å². The minimum Gasteiger partial charge on any atom is -0.355 e. The molecule has 0 radical (unpaired) electrons. The first-order valence-corrected chi connectivity index (χ1v) is 7.85. The first-order valence-electron chi connectivity index (χ1n) is 7.85. The van der Waals surface area contributed by atoms with E-state index in [1.807, 2.05) is 12.4 Å². The molecule has 0 unspecified atom stereocenters. The fraction of sp³-hybridized carbons (Fsp3) is 0.750. The van der Waals surface area contributed by atoms with Gasteiger partial charge < -0.3 is 10.2 Å². The van der Waals surface area contributed by atoms with E-state index in [1.165, 1.54) is 12.8 Å². The average Bonchev–Trinajstić information content (AvgIpc) is 2.46. The summed E-state index contributed by atoms with van der Waals surface area (Å²) in [5.41, 5.74) is 1.01. The summed E-state index contributed by atoms with van der Waals surface area (Å²) in [4.78, 5) is 11.5. The van der Waals surface area contributed by atoms with E-state index in [2.05, 4.69) is 47.9 Å². The van der Waals surface area contributed by atoms with E-state index in [0.29, 0.717) is 6.04 Å². The molecule has 0 bridgehead atoms. The van der Waals surface area contributed by atoms with Crippen LogP contribution in [0.4, 0.5) is 5.82 Å². The fourth-order valence-corrected chi connectivity index (χ4v) is 2.71. The molecule has 0 amide bonds. The Morgan fingerprint density at radius 3 is 2.35 bits per heavy atom. The van der Waals surface area contributed by atoms with Crippen LogP contribution in [0.25, 0.3) is 0 Å². The van der Waals surface area contributed by atoms with E-state index in [-0.39, 0.29) is 0 Å². The van der Waals surface area contributed by atoms with Crippen molar-refractivity contribution in [2.45, 2.75) is 53.1 Å². The second-order valence-corrected chi connectivity index (χ2v) is 6.47. The normalized spacial score (nSPS) is 17.2. The van der Waals surface area contributed by atoms with Gasteiger partial charge in [0, 0.05) is 25.7 Å². The Bertz CT molecular complexity index is 391. The predicted octanol–water partition coefficient (Wildman–Crippen LogP) is 2.85. The van der Waals surface area contributed by atoms with Gasteiger partial charge >= 0.3 is 0 Å². The molecule has 1 aliphatic heterocycles. The van der Waals surface area contributed by atoms with Gasteiger partial charge in [-0.3, -0.25) is 4.98 Å². The second kappa shape index (κ2) is 7.02. The van der Waals surface area contributed by atoms with Crippen LogP contribution in [-0.2, 0) is 6.54 Å². The Balaban J connectivity index is 1.87. The summed E-state index contributed by atoms with van der Waals surface area (Å²) in [7, 11) is 0. The van der Waals surface area contributed by atoms with Crippen LogP contribution in [0.2, 0.25) is 0 Å².